The zero-order valence-corrected chi connectivity index (χ0v) is 50.2. The Labute approximate surface area is 500 Å². The number of rotatable bonds is 21. The number of azo groups is 2. The summed E-state index contributed by atoms with van der Waals surface area (Å²) in [6.07, 6.45) is 16.7. The van der Waals surface area contributed by atoms with Crippen molar-refractivity contribution in [2.75, 3.05) is 48.3 Å². The molecule has 0 fully saturated rings. The van der Waals surface area contributed by atoms with E-state index in [4.69, 9.17) is 15.0 Å². The molecule has 4 aliphatic rings. The summed E-state index contributed by atoms with van der Waals surface area (Å²) in [7, 11) is 0. The van der Waals surface area contributed by atoms with Gasteiger partial charge in [0.15, 0.2) is 5.71 Å². The summed E-state index contributed by atoms with van der Waals surface area (Å²) in [5.41, 5.74) is 14.3. The van der Waals surface area contributed by atoms with E-state index in [1.54, 1.807) is 0 Å². The van der Waals surface area contributed by atoms with Gasteiger partial charge < -0.3 is 30.9 Å². The second kappa shape index (κ2) is 25.1. The van der Waals surface area contributed by atoms with Gasteiger partial charge in [0.1, 0.15) is 18.8 Å². The van der Waals surface area contributed by atoms with Gasteiger partial charge in [0.25, 0.3) is 0 Å². The van der Waals surface area contributed by atoms with E-state index in [0.717, 1.165) is 102 Å². The molecule has 2 unspecified atom stereocenters. The molecule has 0 saturated heterocycles. The number of carbonyl (C=O) groups is 2. The highest BCUT2D eigenvalue weighted by molar-refractivity contribution is 6.10. The van der Waals surface area contributed by atoms with Crippen molar-refractivity contribution in [1.29, 1.82) is 0 Å². The van der Waals surface area contributed by atoms with E-state index < -0.39 is 11.6 Å². The summed E-state index contributed by atoms with van der Waals surface area (Å²) < 4.78 is 8.29. The predicted octanol–water partition coefficient (Wildman–Crippen LogP) is 17.2. The normalized spacial score (nSPS) is 19.2. The predicted molar refractivity (Wildman–Crippen MR) is 347 cm³/mol. The highest BCUT2D eigenvalue weighted by Gasteiger charge is 2.44. The Morgan fingerprint density at radius 2 is 1.33 bits per heavy atom. The van der Waals surface area contributed by atoms with Crippen molar-refractivity contribution >= 4 is 84.6 Å². The molecular weight excluding hydrogens is 1050 g/mol. The molecule has 0 spiro atoms. The number of para-hydroxylation sites is 2. The number of amides is 1. The smallest absolute Gasteiger partial charge is 0.306 e. The second-order valence-electron chi connectivity index (χ2n) is 23.8. The molecule has 434 valence electrons. The van der Waals surface area contributed by atoms with Crippen LogP contribution in [-0.4, -0.2) is 60.6 Å². The Morgan fingerprint density at radius 3 is 2.08 bits per heavy atom. The van der Waals surface area contributed by atoms with Crippen molar-refractivity contribution in [3.05, 3.63) is 204 Å². The van der Waals surface area contributed by atoms with E-state index in [-0.39, 0.29) is 42.1 Å². The Hall–Kier alpha value is -8.97. The fourth-order valence-electron chi connectivity index (χ4n) is 12.9. The fraction of sp³-hybridized carbons (Fsp3) is 0.319. The molecule has 3 heterocycles. The number of hydrogen-bond donors (Lipinski definition) is 4. The second-order valence-corrected chi connectivity index (χ2v) is 23.8. The third kappa shape index (κ3) is 12.2. The van der Waals surface area contributed by atoms with Gasteiger partial charge in [-0.25, -0.2) is 0 Å². The third-order valence-corrected chi connectivity index (χ3v) is 17.3. The Kier molecular flexibility index (Phi) is 17.1. The minimum Gasteiger partial charge on any atom is -0.461 e. The van der Waals surface area contributed by atoms with Crippen molar-refractivity contribution < 1.29 is 18.9 Å². The molecule has 2 atom stereocenters. The average Bonchev–Trinajstić information content (AvgIpc) is 2.17. The fourth-order valence-corrected chi connectivity index (χ4v) is 12.9. The molecule has 3 aliphatic heterocycles. The monoisotopic (exact) mass is 1130 g/mol. The summed E-state index contributed by atoms with van der Waals surface area (Å²) in [6, 6.07) is 49.0. The topological polar surface area (TPSA) is 147 Å². The summed E-state index contributed by atoms with van der Waals surface area (Å²) in [4.78, 5) is 28.7. The quantitative estimate of drug-likeness (QED) is 0.0242. The van der Waals surface area contributed by atoms with Crippen molar-refractivity contribution in [3.63, 3.8) is 0 Å². The maximum atomic E-state index is 13.2. The molecular formula is C72H79N10O3+. The SMILES string of the molecule is CCN1C(=C/C=C/C2=C(NCCCCNC(=O)CCC(=O)OCC3(C)Nc4cccc5c(N=Nc6ccc(N=Nc7ccccc7)c7ccccc67)ccc(c45)N3)C(/C=C/C3=[N+](CC)c4ccccc4C3(C)C)CCC2)C(C)(C)c2ccccc21. The summed E-state index contributed by atoms with van der Waals surface area (Å²) >= 11 is 0. The number of nitrogens with one attached hydrogen (secondary N) is 4. The van der Waals surface area contributed by atoms with Gasteiger partial charge in [-0.2, -0.15) is 9.69 Å². The van der Waals surface area contributed by atoms with Crippen LogP contribution in [0.1, 0.15) is 105 Å². The number of likely N-dealkylation sites (N-methyl/N-ethyl adjacent to an activating group) is 1. The zero-order valence-electron chi connectivity index (χ0n) is 50.2. The lowest BCUT2D eigenvalue weighted by atomic mass is 9.80. The van der Waals surface area contributed by atoms with Crippen molar-refractivity contribution in [3.8, 4) is 0 Å². The third-order valence-electron chi connectivity index (χ3n) is 17.3. The Morgan fingerprint density at radius 1 is 0.682 bits per heavy atom. The molecule has 1 amide bonds. The molecule has 0 radical (unpaired) electrons. The number of nitrogens with zero attached hydrogens (tertiary/aromatic N) is 6. The molecule has 13 nitrogen and oxygen atoms in total. The lowest BCUT2D eigenvalue weighted by molar-refractivity contribution is -0.433. The minimum atomic E-state index is -0.807. The number of benzene rings is 7. The number of allylic oxidation sites excluding steroid dienone is 7. The van der Waals surface area contributed by atoms with Gasteiger partial charge in [0.2, 0.25) is 11.6 Å². The van der Waals surface area contributed by atoms with Crippen molar-refractivity contribution in [2.24, 2.45) is 26.4 Å². The molecule has 1 aliphatic carbocycles. The van der Waals surface area contributed by atoms with Gasteiger partial charge in [-0.05, 0) is 132 Å². The largest absolute Gasteiger partial charge is 0.461 e. The average molecular weight is 1130 g/mol. The van der Waals surface area contributed by atoms with Crippen LogP contribution in [0.2, 0.25) is 0 Å². The van der Waals surface area contributed by atoms with Crippen LogP contribution in [0.4, 0.5) is 45.5 Å². The van der Waals surface area contributed by atoms with Crippen LogP contribution in [0.3, 0.4) is 0 Å². The first-order valence-electron chi connectivity index (χ1n) is 30.4. The van der Waals surface area contributed by atoms with E-state index >= 15 is 0 Å². The highest BCUT2D eigenvalue weighted by atomic mass is 16.5. The van der Waals surface area contributed by atoms with Crippen molar-refractivity contribution in [2.45, 2.75) is 110 Å². The van der Waals surface area contributed by atoms with Crippen LogP contribution in [0, 0.1) is 5.92 Å². The number of unbranched alkanes of at least 4 members (excludes halogenated alkanes) is 1. The van der Waals surface area contributed by atoms with Gasteiger partial charge >= 0.3 is 5.97 Å². The van der Waals surface area contributed by atoms with Gasteiger partial charge in [-0.3, -0.25) is 9.59 Å². The molecule has 0 saturated carbocycles. The van der Waals surface area contributed by atoms with Crippen LogP contribution in [0.25, 0.3) is 21.5 Å². The summed E-state index contributed by atoms with van der Waals surface area (Å²) in [6.45, 7) is 18.9. The molecule has 11 rings (SSSR count). The van der Waals surface area contributed by atoms with E-state index in [2.05, 4.69) is 161 Å². The summed E-state index contributed by atoms with van der Waals surface area (Å²) in [5, 5.41) is 36.3. The standard InChI is InChI=1S/C72H78N10O3/c1-8-81-62-35-17-15-32-55(62)70(3,4)64(81)37-22-26-49-24-21-25-50(38-43-65-71(5,6)56-33-16-18-36-63(56)82(65)9-2)69(49)74-47-20-19-46-73-66(83)44-45-67(84)85-48-72(7)75-60-34-23-31-54-59(41-42-61(76-72)68(54)60)80-79-58-40-39-57(52-29-13-14-30-53(52)58)78-77-51-27-11-10-12-28-51/h10-18,22-23,26-43,50,74H,8-9,19-21,24-25,44-48H2,1-7H3,(H2-,73,75,76,77,79,83)/p+1/b26-22+,43-38+,64-37?. The summed E-state index contributed by atoms with van der Waals surface area (Å²) in [5.74, 6) is -0.361. The molecule has 0 bridgehead atoms. The van der Waals surface area contributed by atoms with Gasteiger partial charge in [-0.15, -0.1) is 15.3 Å². The lowest BCUT2D eigenvalue weighted by Gasteiger charge is -2.38. The Bertz CT molecular complexity index is 3870. The van der Waals surface area contributed by atoms with Crippen LogP contribution in [0.15, 0.2) is 213 Å². The van der Waals surface area contributed by atoms with E-state index in [1.807, 2.05) is 104 Å². The maximum Gasteiger partial charge on any atom is 0.306 e. The minimum absolute atomic E-state index is 0.0187. The van der Waals surface area contributed by atoms with E-state index in [9.17, 15) is 9.59 Å². The van der Waals surface area contributed by atoms with E-state index in [1.165, 1.54) is 45.2 Å². The van der Waals surface area contributed by atoms with Crippen LogP contribution >= 0.6 is 0 Å². The van der Waals surface area contributed by atoms with Crippen LogP contribution < -0.4 is 26.2 Å². The lowest BCUT2D eigenvalue weighted by Crippen LogP contribution is -2.49. The van der Waals surface area contributed by atoms with E-state index in [0.29, 0.717) is 12.2 Å². The first kappa shape index (κ1) is 57.8. The number of esters is 1. The number of hydrogen-bond acceptors (Lipinski definition) is 11. The Balaban J connectivity index is 0.677. The molecule has 13 heteroatoms. The number of carbonyl (C=O) groups excluding carboxylic acids is 2. The van der Waals surface area contributed by atoms with Gasteiger partial charge in [-0.1, -0.05) is 123 Å². The zero-order chi connectivity index (χ0) is 59.1. The van der Waals surface area contributed by atoms with Crippen molar-refractivity contribution in [1.82, 2.24) is 10.6 Å². The number of ether oxygens (including phenoxy) is 1. The molecule has 85 heavy (non-hydrogen) atoms. The molecule has 0 aromatic heterocycles. The highest BCUT2D eigenvalue weighted by Crippen LogP contribution is 2.48. The molecule has 7 aromatic rings. The first-order chi connectivity index (χ1) is 41.3. The van der Waals surface area contributed by atoms with Gasteiger partial charge in [0, 0.05) is 105 Å². The van der Waals surface area contributed by atoms with Crippen LogP contribution in [0.5, 0.6) is 0 Å². The van der Waals surface area contributed by atoms with Crippen LogP contribution in [-0.2, 0) is 25.2 Å². The number of fused-ring (bicyclic) bond motifs is 3. The molecule has 7 aromatic carbocycles. The van der Waals surface area contributed by atoms with Gasteiger partial charge in [0.05, 0.1) is 34.6 Å². The first-order valence-corrected chi connectivity index (χ1v) is 30.4. The molecule has 4 N–H and O–H groups in total. The number of anilines is 3. The maximum absolute atomic E-state index is 13.2.